The van der Waals surface area contributed by atoms with Crippen molar-refractivity contribution >= 4 is 11.8 Å². The molecular weight excluding hydrogens is 266 g/mol. The minimum Gasteiger partial charge on any atom is -0.369 e. The molecule has 5 nitrogen and oxygen atoms in total. The summed E-state index contributed by atoms with van der Waals surface area (Å²) in [6.07, 6.45) is 0.605. The van der Waals surface area contributed by atoms with Gasteiger partial charge >= 0.3 is 0 Å². The van der Waals surface area contributed by atoms with Crippen LogP contribution in [0.1, 0.15) is 29.3 Å². The van der Waals surface area contributed by atoms with Crippen LogP contribution >= 0.6 is 0 Å². The van der Waals surface area contributed by atoms with Crippen LogP contribution in [-0.2, 0) is 4.79 Å². The number of rotatable bonds is 2. The molecule has 0 radical (unpaired) electrons. The van der Waals surface area contributed by atoms with Crippen molar-refractivity contribution in [1.29, 1.82) is 0 Å². The molecule has 0 aliphatic carbocycles. The number of amides is 2. The first-order chi connectivity index (χ1) is 9.96. The van der Waals surface area contributed by atoms with Gasteiger partial charge in [-0.1, -0.05) is 11.8 Å². The maximum atomic E-state index is 12.4. The maximum absolute atomic E-state index is 12.4. The molecule has 4 N–H and O–H groups in total. The van der Waals surface area contributed by atoms with Gasteiger partial charge < -0.3 is 16.4 Å². The highest BCUT2D eigenvalue weighted by atomic mass is 16.2. The Balaban J connectivity index is 2.09. The fourth-order valence-corrected chi connectivity index (χ4v) is 2.37. The Kier molecular flexibility index (Phi) is 4.29. The van der Waals surface area contributed by atoms with E-state index >= 15 is 0 Å². The van der Waals surface area contributed by atoms with Crippen molar-refractivity contribution in [3.63, 3.8) is 0 Å². The zero-order valence-corrected chi connectivity index (χ0v) is 12.1. The number of nitrogens with zero attached hydrogens (tertiary/aromatic N) is 1. The highest BCUT2D eigenvalue weighted by Crippen LogP contribution is 2.30. The van der Waals surface area contributed by atoms with E-state index in [4.69, 9.17) is 11.5 Å². The molecule has 0 saturated carbocycles. The summed E-state index contributed by atoms with van der Waals surface area (Å²) >= 11 is 0. The predicted octanol–water partition coefficient (Wildman–Crippen LogP) is 0.334. The minimum atomic E-state index is -0.623. The Bertz CT molecular complexity index is 613. The zero-order chi connectivity index (χ0) is 15.5. The molecule has 1 aliphatic rings. The van der Waals surface area contributed by atoms with Gasteiger partial charge in [-0.25, -0.2) is 0 Å². The molecule has 110 valence electrons. The molecule has 1 saturated heterocycles. The van der Waals surface area contributed by atoms with E-state index in [2.05, 4.69) is 11.8 Å². The number of likely N-dealkylation sites (tertiary alicyclic amines) is 1. The Hall–Kier alpha value is -2.32. The number of primary amides is 1. The molecule has 1 aliphatic heterocycles. The Morgan fingerprint density at radius 2 is 2.00 bits per heavy atom. The van der Waals surface area contributed by atoms with Gasteiger partial charge in [-0.15, -0.1) is 0 Å². The van der Waals surface area contributed by atoms with Crippen molar-refractivity contribution in [2.45, 2.75) is 13.3 Å². The molecule has 1 heterocycles. The van der Waals surface area contributed by atoms with Gasteiger partial charge in [0.25, 0.3) is 5.91 Å². The van der Waals surface area contributed by atoms with E-state index < -0.39 is 5.41 Å². The molecule has 1 fully saturated rings. The molecule has 5 heteroatoms. The summed E-state index contributed by atoms with van der Waals surface area (Å²) in [7, 11) is 0. The lowest BCUT2D eigenvalue weighted by Gasteiger charge is -2.21. The van der Waals surface area contributed by atoms with Gasteiger partial charge in [0.15, 0.2) is 0 Å². The van der Waals surface area contributed by atoms with Crippen LogP contribution in [0.3, 0.4) is 0 Å². The summed E-state index contributed by atoms with van der Waals surface area (Å²) in [6, 6.07) is 7.06. The Morgan fingerprint density at radius 3 is 2.52 bits per heavy atom. The fraction of sp³-hybridized carbons (Fsp3) is 0.375. The number of benzene rings is 1. The standard InChI is InChI=1S/C16H19N3O2/c1-16(15(18)21)8-10-19(11-16)14(20)13-6-4-12(5-7-13)3-2-9-17/h4-7H,8-11,17H2,1H3,(H2,18,21). The summed E-state index contributed by atoms with van der Waals surface area (Å²) in [4.78, 5) is 25.5. The molecular formula is C16H19N3O2. The molecule has 0 aromatic heterocycles. The second-order valence-electron chi connectivity index (χ2n) is 5.48. The topological polar surface area (TPSA) is 89.4 Å². The van der Waals surface area contributed by atoms with Crippen LogP contribution in [0, 0.1) is 17.3 Å². The average Bonchev–Trinajstić information content (AvgIpc) is 2.89. The summed E-state index contributed by atoms with van der Waals surface area (Å²) in [5.74, 6) is 5.23. The van der Waals surface area contributed by atoms with E-state index in [1.165, 1.54) is 0 Å². The van der Waals surface area contributed by atoms with Gasteiger partial charge in [0.1, 0.15) is 0 Å². The zero-order valence-electron chi connectivity index (χ0n) is 12.1. The monoisotopic (exact) mass is 285 g/mol. The number of hydrogen-bond donors (Lipinski definition) is 2. The molecule has 2 rings (SSSR count). The van der Waals surface area contributed by atoms with Crippen molar-refractivity contribution in [2.24, 2.45) is 16.9 Å². The predicted molar refractivity (Wildman–Crippen MR) is 80.2 cm³/mol. The first-order valence-corrected chi connectivity index (χ1v) is 6.84. The summed E-state index contributed by atoms with van der Waals surface area (Å²) in [5.41, 5.74) is 11.5. The van der Waals surface area contributed by atoms with Crippen molar-refractivity contribution < 1.29 is 9.59 Å². The highest BCUT2D eigenvalue weighted by molar-refractivity contribution is 5.95. The van der Waals surface area contributed by atoms with Crippen LogP contribution in [0.5, 0.6) is 0 Å². The van der Waals surface area contributed by atoms with E-state index in [-0.39, 0.29) is 11.8 Å². The largest absolute Gasteiger partial charge is 0.369 e. The van der Waals surface area contributed by atoms with Crippen LogP contribution in [0.4, 0.5) is 0 Å². The smallest absolute Gasteiger partial charge is 0.253 e. The second-order valence-corrected chi connectivity index (χ2v) is 5.48. The summed E-state index contributed by atoms with van der Waals surface area (Å²) in [6.45, 7) is 3.02. The highest BCUT2D eigenvalue weighted by Gasteiger charge is 2.40. The van der Waals surface area contributed by atoms with Gasteiger partial charge in [-0.3, -0.25) is 9.59 Å². The second kappa shape index (κ2) is 5.98. The fourth-order valence-electron chi connectivity index (χ4n) is 2.37. The molecule has 1 aromatic carbocycles. The third kappa shape index (κ3) is 3.23. The van der Waals surface area contributed by atoms with Crippen LogP contribution < -0.4 is 11.5 Å². The van der Waals surface area contributed by atoms with Gasteiger partial charge in [-0.2, -0.15) is 0 Å². The Labute approximate surface area is 124 Å². The number of nitrogens with two attached hydrogens (primary N) is 2. The molecule has 1 atom stereocenters. The van der Waals surface area contributed by atoms with E-state index in [1.54, 1.807) is 36.1 Å². The first kappa shape index (κ1) is 15.1. The SMILES string of the molecule is CC1(C(N)=O)CCN(C(=O)c2ccc(C#CCN)cc2)C1. The molecule has 0 spiro atoms. The van der Waals surface area contributed by atoms with E-state index in [0.717, 1.165) is 5.56 Å². The minimum absolute atomic E-state index is 0.0849. The molecule has 1 unspecified atom stereocenters. The molecule has 21 heavy (non-hydrogen) atoms. The molecule has 2 amide bonds. The van der Waals surface area contributed by atoms with Crippen LogP contribution in [-0.4, -0.2) is 36.3 Å². The number of carbonyl (C=O) groups is 2. The molecule has 0 bridgehead atoms. The van der Waals surface area contributed by atoms with E-state index in [0.29, 0.717) is 31.6 Å². The normalized spacial score (nSPS) is 20.8. The molecule has 1 aromatic rings. The van der Waals surface area contributed by atoms with Crippen LogP contribution in [0.15, 0.2) is 24.3 Å². The van der Waals surface area contributed by atoms with Gasteiger partial charge in [0, 0.05) is 24.2 Å². The van der Waals surface area contributed by atoms with Crippen molar-refractivity contribution in [3.8, 4) is 11.8 Å². The Morgan fingerprint density at radius 1 is 1.33 bits per heavy atom. The van der Waals surface area contributed by atoms with Crippen LogP contribution in [0.2, 0.25) is 0 Å². The van der Waals surface area contributed by atoms with E-state index in [9.17, 15) is 9.59 Å². The first-order valence-electron chi connectivity index (χ1n) is 6.84. The lowest BCUT2D eigenvalue weighted by atomic mass is 9.89. The van der Waals surface area contributed by atoms with Crippen molar-refractivity contribution in [1.82, 2.24) is 4.90 Å². The van der Waals surface area contributed by atoms with Gasteiger partial charge in [-0.05, 0) is 37.6 Å². The van der Waals surface area contributed by atoms with Crippen LogP contribution in [0.25, 0.3) is 0 Å². The van der Waals surface area contributed by atoms with Crippen molar-refractivity contribution in [2.75, 3.05) is 19.6 Å². The average molecular weight is 285 g/mol. The third-order valence-corrected chi connectivity index (χ3v) is 3.82. The van der Waals surface area contributed by atoms with E-state index in [1.807, 2.05) is 0 Å². The maximum Gasteiger partial charge on any atom is 0.253 e. The lowest BCUT2D eigenvalue weighted by Crippen LogP contribution is -2.38. The summed E-state index contributed by atoms with van der Waals surface area (Å²) < 4.78 is 0. The van der Waals surface area contributed by atoms with Gasteiger partial charge in [0.2, 0.25) is 5.91 Å². The summed E-state index contributed by atoms with van der Waals surface area (Å²) in [5, 5.41) is 0. The van der Waals surface area contributed by atoms with Crippen molar-refractivity contribution in [3.05, 3.63) is 35.4 Å². The lowest BCUT2D eigenvalue weighted by molar-refractivity contribution is -0.126. The third-order valence-electron chi connectivity index (χ3n) is 3.82. The number of carbonyl (C=O) groups excluding carboxylic acids is 2. The quantitative estimate of drug-likeness (QED) is 0.768. The number of hydrogen-bond acceptors (Lipinski definition) is 3. The van der Waals surface area contributed by atoms with Gasteiger partial charge in [0.05, 0.1) is 12.0 Å².